The van der Waals surface area contributed by atoms with Gasteiger partial charge >= 0.3 is 0 Å². The topological polar surface area (TPSA) is 24.5 Å². The molecule has 0 aliphatic rings. The highest BCUT2D eigenvalue weighted by Crippen LogP contribution is 1.96. The van der Waals surface area contributed by atoms with E-state index in [1.54, 1.807) is 0 Å². The summed E-state index contributed by atoms with van der Waals surface area (Å²) < 4.78 is 5.36. The van der Waals surface area contributed by atoms with Gasteiger partial charge in [-0.15, -0.1) is 0 Å². The lowest BCUT2D eigenvalue weighted by Gasteiger charge is -2.26. The standard InChI is InChI=1S/C11H26N2O/c1-5-12-7-8-13(11(3)4)9-10-14-6-2/h11-12H,5-10H2,1-4H3. The molecule has 0 rings (SSSR count). The third-order valence-corrected chi connectivity index (χ3v) is 2.28. The van der Waals surface area contributed by atoms with Gasteiger partial charge < -0.3 is 10.1 Å². The molecule has 0 saturated carbocycles. The second-order valence-corrected chi connectivity index (χ2v) is 3.68. The van der Waals surface area contributed by atoms with Crippen LogP contribution >= 0.6 is 0 Å². The summed E-state index contributed by atoms with van der Waals surface area (Å²) in [7, 11) is 0. The Morgan fingerprint density at radius 3 is 2.43 bits per heavy atom. The van der Waals surface area contributed by atoms with Crippen LogP contribution in [0, 0.1) is 0 Å². The molecule has 3 heteroatoms. The van der Waals surface area contributed by atoms with Gasteiger partial charge in [0.05, 0.1) is 6.61 Å². The minimum atomic E-state index is 0.606. The molecular formula is C11H26N2O. The van der Waals surface area contributed by atoms with Crippen molar-refractivity contribution in [3.8, 4) is 0 Å². The number of likely N-dealkylation sites (N-methyl/N-ethyl adjacent to an activating group) is 1. The van der Waals surface area contributed by atoms with Gasteiger partial charge in [0.25, 0.3) is 0 Å². The molecule has 1 N–H and O–H groups in total. The van der Waals surface area contributed by atoms with Gasteiger partial charge in [0.1, 0.15) is 0 Å². The maximum Gasteiger partial charge on any atom is 0.0593 e. The lowest BCUT2D eigenvalue weighted by Crippen LogP contribution is -2.39. The van der Waals surface area contributed by atoms with Crippen LogP contribution in [0.5, 0.6) is 0 Å². The van der Waals surface area contributed by atoms with E-state index in [4.69, 9.17) is 4.74 Å². The number of ether oxygens (including phenoxy) is 1. The van der Waals surface area contributed by atoms with Crippen LogP contribution in [0.3, 0.4) is 0 Å². The van der Waals surface area contributed by atoms with Crippen LogP contribution in [0.1, 0.15) is 27.7 Å². The third kappa shape index (κ3) is 7.30. The van der Waals surface area contributed by atoms with Gasteiger partial charge in [0, 0.05) is 32.3 Å². The molecule has 3 nitrogen and oxygen atoms in total. The van der Waals surface area contributed by atoms with Crippen LogP contribution in [0.25, 0.3) is 0 Å². The zero-order chi connectivity index (χ0) is 10.8. The third-order valence-electron chi connectivity index (χ3n) is 2.28. The van der Waals surface area contributed by atoms with Crippen LogP contribution < -0.4 is 5.32 Å². The molecule has 0 atom stereocenters. The highest BCUT2D eigenvalue weighted by atomic mass is 16.5. The van der Waals surface area contributed by atoms with E-state index in [0.717, 1.165) is 39.4 Å². The minimum Gasteiger partial charge on any atom is -0.380 e. The number of nitrogens with one attached hydrogen (secondary N) is 1. The monoisotopic (exact) mass is 202 g/mol. The number of hydrogen-bond donors (Lipinski definition) is 1. The minimum absolute atomic E-state index is 0.606. The molecule has 86 valence electrons. The Hall–Kier alpha value is -0.120. The lowest BCUT2D eigenvalue weighted by molar-refractivity contribution is 0.101. The van der Waals surface area contributed by atoms with Crippen LogP contribution in [0.2, 0.25) is 0 Å². The molecule has 0 spiro atoms. The fourth-order valence-electron chi connectivity index (χ4n) is 1.35. The Bertz CT molecular complexity index is 108. The Morgan fingerprint density at radius 1 is 1.21 bits per heavy atom. The summed E-state index contributed by atoms with van der Waals surface area (Å²) in [4.78, 5) is 2.44. The van der Waals surface area contributed by atoms with Gasteiger partial charge in [-0.3, -0.25) is 4.90 Å². The molecule has 0 saturated heterocycles. The Morgan fingerprint density at radius 2 is 1.93 bits per heavy atom. The van der Waals surface area contributed by atoms with Gasteiger partial charge in [-0.05, 0) is 27.3 Å². The second-order valence-electron chi connectivity index (χ2n) is 3.68. The van der Waals surface area contributed by atoms with Gasteiger partial charge in [-0.25, -0.2) is 0 Å². The molecule has 0 aliphatic carbocycles. The fraction of sp³-hybridized carbons (Fsp3) is 1.00. The second kappa shape index (κ2) is 9.44. The summed E-state index contributed by atoms with van der Waals surface area (Å²) in [6.45, 7) is 14.6. The quantitative estimate of drug-likeness (QED) is 0.571. The Kier molecular flexibility index (Phi) is 9.35. The smallest absolute Gasteiger partial charge is 0.0593 e. The van der Waals surface area contributed by atoms with Gasteiger partial charge in [0.2, 0.25) is 0 Å². The zero-order valence-corrected chi connectivity index (χ0v) is 10.2. The zero-order valence-electron chi connectivity index (χ0n) is 10.2. The van der Waals surface area contributed by atoms with Crippen LogP contribution in [-0.2, 0) is 4.74 Å². The van der Waals surface area contributed by atoms with Crippen LogP contribution in [-0.4, -0.2) is 50.3 Å². The summed E-state index contributed by atoms with van der Waals surface area (Å²) in [5, 5.41) is 3.34. The fourth-order valence-corrected chi connectivity index (χ4v) is 1.35. The molecule has 0 amide bonds. The van der Waals surface area contributed by atoms with Crippen LogP contribution in [0.4, 0.5) is 0 Å². The van der Waals surface area contributed by atoms with E-state index in [1.165, 1.54) is 0 Å². The number of nitrogens with zero attached hydrogens (tertiary/aromatic N) is 1. The van der Waals surface area contributed by atoms with Gasteiger partial charge in [0.15, 0.2) is 0 Å². The molecule has 0 fully saturated rings. The molecule has 0 bridgehead atoms. The summed E-state index contributed by atoms with van der Waals surface area (Å²) in [6, 6.07) is 0.606. The number of rotatable bonds is 9. The van der Waals surface area contributed by atoms with Crippen LogP contribution in [0.15, 0.2) is 0 Å². The molecule has 0 unspecified atom stereocenters. The molecule has 0 radical (unpaired) electrons. The molecule has 0 aliphatic heterocycles. The van der Waals surface area contributed by atoms with E-state index in [9.17, 15) is 0 Å². The van der Waals surface area contributed by atoms with E-state index in [0.29, 0.717) is 6.04 Å². The highest BCUT2D eigenvalue weighted by molar-refractivity contribution is 4.63. The highest BCUT2D eigenvalue weighted by Gasteiger charge is 2.07. The van der Waals surface area contributed by atoms with E-state index in [1.807, 2.05) is 6.92 Å². The average Bonchev–Trinajstić information content (AvgIpc) is 2.15. The first kappa shape index (κ1) is 13.9. The van der Waals surface area contributed by atoms with E-state index in [2.05, 4.69) is 31.0 Å². The van der Waals surface area contributed by atoms with Gasteiger partial charge in [-0.2, -0.15) is 0 Å². The average molecular weight is 202 g/mol. The summed E-state index contributed by atoms with van der Waals surface area (Å²) in [5.74, 6) is 0. The van der Waals surface area contributed by atoms with Crippen molar-refractivity contribution < 1.29 is 4.74 Å². The van der Waals surface area contributed by atoms with Crippen molar-refractivity contribution in [2.24, 2.45) is 0 Å². The molecule has 0 aromatic heterocycles. The summed E-state index contributed by atoms with van der Waals surface area (Å²) in [5.41, 5.74) is 0. The SMILES string of the molecule is CCNCCN(CCOCC)C(C)C. The van der Waals surface area contributed by atoms with Gasteiger partial charge in [-0.1, -0.05) is 6.92 Å². The van der Waals surface area contributed by atoms with Crippen molar-refractivity contribution >= 4 is 0 Å². The molecule has 0 aromatic rings. The maximum absolute atomic E-state index is 5.36. The normalized spacial score (nSPS) is 11.6. The van der Waals surface area contributed by atoms with Crippen molar-refractivity contribution in [1.29, 1.82) is 0 Å². The van der Waals surface area contributed by atoms with Crippen molar-refractivity contribution in [2.75, 3.05) is 39.4 Å². The van der Waals surface area contributed by atoms with Crippen molar-refractivity contribution in [1.82, 2.24) is 10.2 Å². The lowest BCUT2D eigenvalue weighted by atomic mass is 10.3. The molecule has 0 heterocycles. The first-order valence-electron chi connectivity index (χ1n) is 5.74. The van der Waals surface area contributed by atoms with Crippen molar-refractivity contribution in [2.45, 2.75) is 33.7 Å². The Labute approximate surface area is 88.8 Å². The van der Waals surface area contributed by atoms with Crippen molar-refractivity contribution in [3.05, 3.63) is 0 Å². The molecule has 0 aromatic carbocycles. The van der Waals surface area contributed by atoms with E-state index < -0.39 is 0 Å². The molecular weight excluding hydrogens is 176 g/mol. The first-order chi connectivity index (χ1) is 6.72. The predicted octanol–water partition coefficient (Wildman–Crippen LogP) is 1.34. The largest absolute Gasteiger partial charge is 0.380 e. The predicted molar refractivity (Wildman–Crippen MR) is 61.7 cm³/mol. The van der Waals surface area contributed by atoms with Crippen molar-refractivity contribution in [3.63, 3.8) is 0 Å². The number of hydrogen-bond acceptors (Lipinski definition) is 3. The summed E-state index contributed by atoms with van der Waals surface area (Å²) in [6.07, 6.45) is 0. The summed E-state index contributed by atoms with van der Waals surface area (Å²) >= 11 is 0. The molecule has 14 heavy (non-hydrogen) atoms. The Balaban J connectivity index is 3.55. The van der Waals surface area contributed by atoms with E-state index >= 15 is 0 Å². The first-order valence-corrected chi connectivity index (χ1v) is 5.74. The maximum atomic E-state index is 5.36. The van der Waals surface area contributed by atoms with E-state index in [-0.39, 0.29) is 0 Å².